The number of alkyl halides is 8. The smallest absolute Gasteiger partial charge is 0.454 e. The Hall–Kier alpha value is -1.86. The summed E-state index contributed by atoms with van der Waals surface area (Å²) in [6, 6.07) is 0. The van der Waals surface area contributed by atoms with Gasteiger partial charge >= 0.3 is 47.2 Å². The zero-order chi connectivity index (χ0) is 26.0. The van der Waals surface area contributed by atoms with Crippen LogP contribution in [0.25, 0.3) is 0 Å². The lowest BCUT2D eigenvalue weighted by molar-refractivity contribution is -0.622. The van der Waals surface area contributed by atoms with E-state index < -0.39 is 47.2 Å². The van der Waals surface area contributed by atoms with Crippen molar-refractivity contribution in [3.05, 3.63) is 0 Å². The van der Waals surface area contributed by atoms with E-state index in [4.69, 9.17) is 5.11 Å². The number of rotatable bonds is 14. The first kappa shape index (κ1) is 30.1. The molecule has 32 heavy (non-hydrogen) atoms. The molecule has 0 aromatic heterocycles. The summed E-state index contributed by atoms with van der Waals surface area (Å²) >= 11 is 0. The molecule has 24 heteroatoms. The van der Waals surface area contributed by atoms with E-state index in [0.29, 0.717) is 0 Å². The predicted octanol–water partition coefficient (Wildman–Crippen LogP) is 3.97. The maximum atomic E-state index is 14.5. The molecule has 0 spiro atoms. The summed E-state index contributed by atoms with van der Waals surface area (Å²) < 4.78 is 197. The maximum Gasteiger partial charge on any atom is 0.454 e. The first-order valence-corrected chi connectivity index (χ1v) is 6.20. The third kappa shape index (κ3) is 3.31. The number of carboxylic acid groups (broad SMARTS) is 1. The molecule has 0 saturated heterocycles. The van der Waals surface area contributed by atoms with Crippen LogP contribution < -0.4 is 0 Å². The molecule has 0 aromatic rings. The van der Waals surface area contributed by atoms with E-state index in [0.717, 1.165) is 4.94 Å². The van der Waals surface area contributed by atoms with Crippen molar-refractivity contribution in [2.24, 2.45) is 0 Å². The molecule has 0 amide bonds. The minimum atomic E-state index is -7.93. The van der Waals surface area contributed by atoms with Crippen molar-refractivity contribution in [3.8, 4) is 0 Å². The van der Waals surface area contributed by atoms with Crippen molar-refractivity contribution in [3.63, 3.8) is 0 Å². The van der Waals surface area contributed by atoms with E-state index in [9.17, 15) is 71.6 Å². The molecule has 1 N–H and O–H groups in total. The summed E-state index contributed by atoms with van der Waals surface area (Å²) in [6.07, 6.45) is -7.28. The lowest BCUT2D eigenvalue weighted by Crippen LogP contribution is -2.81. The summed E-state index contributed by atoms with van der Waals surface area (Å²) in [4.78, 5) is 19.4. The summed E-state index contributed by atoms with van der Waals surface area (Å²) in [5, 5.41) is 8.15. The fourth-order valence-electron chi connectivity index (χ4n) is 1.78. The van der Waals surface area contributed by atoms with Gasteiger partial charge < -0.3 is 5.11 Å². The van der Waals surface area contributed by atoms with Crippen molar-refractivity contribution in [2.75, 3.05) is 0 Å². The van der Waals surface area contributed by atoms with Crippen molar-refractivity contribution in [2.45, 2.75) is 41.2 Å². The topological polar surface area (TPSA) is 102 Å². The molecule has 0 radical (unpaired) electrons. The highest BCUT2D eigenvalue weighted by Crippen LogP contribution is 2.62. The first-order chi connectivity index (χ1) is 14.4. The molecule has 9 nitrogen and oxygen atoms in total. The van der Waals surface area contributed by atoms with Crippen molar-refractivity contribution in [1.29, 1.82) is 0 Å². The summed E-state index contributed by atoms with van der Waals surface area (Å²) in [7, 11) is 0. The van der Waals surface area contributed by atoms with Gasteiger partial charge in [0.05, 0.1) is 0 Å². The SMILES string of the molecule is O=C(O)C(F)(OF)C(F)(OF)C(F)(OF)C(F)(OF)C(F)(OF)C(F)(OF)C(F)(F)OF. The third-order valence-corrected chi connectivity index (χ3v) is 3.45. The standard InChI is InChI=1S/C8HF15O9/c9-2(26-17,1(24)25)3(10,27-18)4(11,28-19)5(12,29-20)6(13,30-21)7(14,31-22)8(15,16)32-23/h(H,24,25). The molecule has 6 unspecified atom stereocenters. The Balaban J connectivity index is 7.61. The average molecular weight is 526 g/mol. The number of hydrogen-bond acceptors (Lipinski definition) is 8. The van der Waals surface area contributed by atoms with E-state index in [1.165, 1.54) is 29.6 Å². The molecule has 0 rings (SSSR count). The highest BCUT2D eigenvalue weighted by atomic mass is 19.4. The monoisotopic (exact) mass is 526 g/mol. The van der Waals surface area contributed by atoms with Crippen molar-refractivity contribution >= 4 is 5.97 Å². The fourth-order valence-corrected chi connectivity index (χ4v) is 1.78. The molecule has 192 valence electrons. The van der Waals surface area contributed by atoms with Crippen LogP contribution in [0.15, 0.2) is 0 Å². The number of hydrogen-bond donors (Lipinski definition) is 1. The number of carboxylic acids is 1. The average Bonchev–Trinajstić information content (AvgIpc) is 2.79. The van der Waals surface area contributed by atoms with Crippen LogP contribution in [0, 0.1) is 0 Å². The molecule has 0 bridgehead atoms. The largest absolute Gasteiger partial charge is 0.477 e. The Bertz CT molecular complexity index is 677. The van der Waals surface area contributed by atoms with Gasteiger partial charge in [0.15, 0.2) is 0 Å². The predicted molar refractivity (Wildman–Crippen MR) is 51.0 cm³/mol. The summed E-state index contributed by atoms with van der Waals surface area (Å²) in [5.74, 6) is -49.7. The van der Waals surface area contributed by atoms with Crippen LogP contribution in [0.2, 0.25) is 0 Å². The number of carbonyl (C=O) groups is 1. The minimum absolute atomic E-state index is 1.15. The number of halogens is 15. The number of aliphatic carboxylic acids is 1. The van der Waals surface area contributed by atoms with Crippen molar-refractivity contribution < 1.29 is 111 Å². The molecular weight excluding hydrogens is 525 g/mol. The van der Waals surface area contributed by atoms with Gasteiger partial charge in [0.25, 0.3) is 0 Å². The van der Waals surface area contributed by atoms with Gasteiger partial charge in [-0.2, -0.15) is 35.1 Å². The Morgan fingerprint density at radius 2 is 0.750 bits per heavy atom. The molecule has 0 aliphatic heterocycles. The van der Waals surface area contributed by atoms with E-state index >= 15 is 0 Å². The van der Waals surface area contributed by atoms with E-state index in [1.807, 2.05) is 0 Å². The fraction of sp³-hybridized carbons (Fsp3) is 0.875. The van der Waals surface area contributed by atoms with E-state index in [1.54, 1.807) is 0 Å². The quantitative estimate of drug-likeness (QED) is 0.337. The molecule has 0 aromatic carbocycles. The van der Waals surface area contributed by atoms with Crippen molar-refractivity contribution in [1.82, 2.24) is 0 Å². The Morgan fingerprint density at radius 1 is 0.469 bits per heavy atom. The summed E-state index contributed by atoms with van der Waals surface area (Å²) in [6.45, 7) is 0. The third-order valence-electron chi connectivity index (χ3n) is 3.45. The molecule has 0 saturated carbocycles. The van der Waals surface area contributed by atoms with Gasteiger partial charge in [-0.05, 0) is 31.7 Å². The molecule has 6 atom stereocenters. The highest BCUT2D eigenvalue weighted by Gasteiger charge is 2.97. The first-order valence-electron chi connectivity index (χ1n) is 6.20. The van der Waals surface area contributed by atoms with Gasteiger partial charge in [-0.1, -0.05) is 0 Å². The molecule has 0 fully saturated rings. The maximum absolute atomic E-state index is 14.5. The van der Waals surface area contributed by atoms with Gasteiger partial charge in [-0.3, -0.25) is 0 Å². The second-order valence-corrected chi connectivity index (χ2v) is 4.93. The Labute approximate surface area is 160 Å². The van der Waals surface area contributed by atoms with Crippen LogP contribution in [-0.4, -0.2) is 52.3 Å². The molecule has 0 heterocycles. The summed E-state index contributed by atoms with van der Waals surface area (Å²) in [5.41, 5.74) is 0. The van der Waals surface area contributed by atoms with E-state index in [-0.39, 0.29) is 0 Å². The molecule has 0 aliphatic carbocycles. The van der Waals surface area contributed by atoms with Crippen LogP contribution >= 0.6 is 0 Å². The van der Waals surface area contributed by atoms with Gasteiger partial charge in [0.2, 0.25) is 0 Å². The van der Waals surface area contributed by atoms with Crippen LogP contribution in [0.4, 0.5) is 66.8 Å². The van der Waals surface area contributed by atoms with Crippen LogP contribution in [0.5, 0.6) is 0 Å². The van der Waals surface area contributed by atoms with Gasteiger partial charge in [0.1, 0.15) is 0 Å². The lowest BCUT2D eigenvalue weighted by atomic mass is 9.86. The zero-order valence-corrected chi connectivity index (χ0v) is 13.4. The van der Waals surface area contributed by atoms with Gasteiger partial charge in [-0.25, -0.2) is 4.79 Å². The Kier molecular flexibility index (Phi) is 8.64. The van der Waals surface area contributed by atoms with Crippen LogP contribution in [-0.2, 0) is 39.4 Å². The second kappa shape index (κ2) is 9.18. The minimum Gasteiger partial charge on any atom is -0.477 e. The van der Waals surface area contributed by atoms with Gasteiger partial charge in [-0.15, -0.1) is 34.6 Å². The molecule has 0 aliphatic rings. The van der Waals surface area contributed by atoms with Crippen LogP contribution in [0.1, 0.15) is 0 Å². The zero-order valence-electron chi connectivity index (χ0n) is 13.4. The molecular formula is C8HF15O9. The highest BCUT2D eigenvalue weighted by molar-refractivity contribution is 5.77. The van der Waals surface area contributed by atoms with E-state index in [2.05, 4.69) is 0 Å². The lowest BCUT2D eigenvalue weighted by Gasteiger charge is -2.46. The normalized spacial score (nSPS) is 24.2. The van der Waals surface area contributed by atoms with Crippen LogP contribution in [0.3, 0.4) is 0 Å². The second-order valence-electron chi connectivity index (χ2n) is 4.93. The Morgan fingerprint density at radius 3 is 0.969 bits per heavy atom. The van der Waals surface area contributed by atoms with Gasteiger partial charge in [0, 0.05) is 0 Å².